The van der Waals surface area contributed by atoms with Crippen molar-refractivity contribution in [2.45, 2.75) is 20.3 Å². The Hall–Kier alpha value is -1.75. The Bertz CT molecular complexity index is 393. The quantitative estimate of drug-likeness (QED) is 0.672. The molecule has 0 atom stereocenters. The standard InChI is InChI=1S/C15H25N3O2/c1-3-10-18(4-2)11-9-17-15(19)12-20-14-7-5-13(16)6-8-14/h5-8H,3-4,9-12,16H2,1-2H3,(H,17,19). The van der Waals surface area contributed by atoms with Gasteiger partial charge in [0.25, 0.3) is 5.91 Å². The lowest BCUT2D eigenvalue weighted by Crippen LogP contribution is -2.37. The fourth-order valence-electron chi connectivity index (χ4n) is 1.86. The molecule has 20 heavy (non-hydrogen) atoms. The molecular formula is C15H25N3O2. The molecule has 0 unspecified atom stereocenters. The number of ether oxygens (including phenoxy) is 1. The maximum absolute atomic E-state index is 11.6. The van der Waals surface area contributed by atoms with Crippen molar-refractivity contribution >= 4 is 11.6 Å². The summed E-state index contributed by atoms with van der Waals surface area (Å²) in [5.41, 5.74) is 6.25. The van der Waals surface area contributed by atoms with Crippen molar-refractivity contribution in [2.75, 3.05) is 38.5 Å². The molecule has 1 amide bonds. The summed E-state index contributed by atoms with van der Waals surface area (Å²) in [6, 6.07) is 7.00. The summed E-state index contributed by atoms with van der Waals surface area (Å²) in [5, 5.41) is 2.86. The van der Waals surface area contributed by atoms with Gasteiger partial charge in [0.2, 0.25) is 0 Å². The smallest absolute Gasteiger partial charge is 0.257 e. The number of amides is 1. The predicted molar refractivity (Wildman–Crippen MR) is 81.8 cm³/mol. The molecule has 0 aliphatic heterocycles. The van der Waals surface area contributed by atoms with Crippen LogP contribution in [0.3, 0.4) is 0 Å². The van der Waals surface area contributed by atoms with Crippen LogP contribution in [-0.4, -0.2) is 43.6 Å². The molecule has 5 nitrogen and oxygen atoms in total. The van der Waals surface area contributed by atoms with E-state index in [4.69, 9.17) is 10.5 Å². The Balaban J connectivity index is 2.18. The molecule has 0 spiro atoms. The van der Waals surface area contributed by atoms with E-state index < -0.39 is 0 Å². The second-order valence-corrected chi connectivity index (χ2v) is 4.64. The molecule has 0 aromatic heterocycles. The maximum Gasteiger partial charge on any atom is 0.257 e. The topological polar surface area (TPSA) is 67.6 Å². The fraction of sp³-hybridized carbons (Fsp3) is 0.533. The van der Waals surface area contributed by atoms with E-state index in [0.29, 0.717) is 18.0 Å². The Labute approximate surface area is 121 Å². The lowest BCUT2D eigenvalue weighted by Gasteiger charge is -2.19. The summed E-state index contributed by atoms with van der Waals surface area (Å²) in [5.74, 6) is 0.546. The zero-order chi connectivity index (χ0) is 14.8. The summed E-state index contributed by atoms with van der Waals surface area (Å²) in [4.78, 5) is 13.9. The van der Waals surface area contributed by atoms with E-state index >= 15 is 0 Å². The maximum atomic E-state index is 11.6. The Morgan fingerprint density at radius 1 is 1.25 bits per heavy atom. The van der Waals surface area contributed by atoms with Gasteiger partial charge < -0.3 is 20.7 Å². The summed E-state index contributed by atoms with van der Waals surface area (Å²) >= 11 is 0. The van der Waals surface area contributed by atoms with Crippen LogP contribution in [0.5, 0.6) is 5.75 Å². The van der Waals surface area contributed by atoms with Gasteiger partial charge in [-0.15, -0.1) is 0 Å². The van der Waals surface area contributed by atoms with Gasteiger partial charge in [0, 0.05) is 18.8 Å². The van der Waals surface area contributed by atoms with Crippen LogP contribution in [0, 0.1) is 0 Å². The molecule has 0 radical (unpaired) electrons. The van der Waals surface area contributed by atoms with Crippen molar-refractivity contribution in [3.63, 3.8) is 0 Å². The van der Waals surface area contributed by atoms with Crippen LogP contribution < -0.4 is 15.8 Å². The van der Waals surface area contributed by atoms with Crippen LogP contribution in [-0.2, 0) is 4.79 Å². The van der Waals surface area contributed by atoms with Gasteiger partial charge in [-0.05, 0) is 43.8 Å². The first-order valence-corrected chi connectivity index (χ1v) is 7.13. The van der Waals surface area contributed by atoms with Gasteiger partial charge in [-0.3, -0.25) is 4.79 Å². The van der Waals surface area contributed by atoms with E-state index in [2.05, 4.69) is 24.1 Å². The number of rotatable bonds is 9. The highest BCUT2D eigenvalue weighted by Crippen LogP contribution is 2.12. The van der Waals surface area contributed by atoms with E-state index in [-0.39, 0.29) is 12.5 Å². The zero-order valence-electron chi connectivity index (χ0n) is 12.4. The summed E-state index contributed by atoms with van der Waals surface area (Å²) in [6.07, 6.45) is 1.13. The first-order chi connectivity index (χ1) is 9.65. The molecule has 0 heterocycles. The lowest BCUT2D eigenvalue weighted by atomic mass is 10.3. The number of nitrogen functional groups attached to an aromatic ring is 1. The third kappa shape index (κ3) is 6.43. The van der Waals surface area contributed by atoms with Gasteiger partial charge in [-0.25, -0.2) is 0 Å². The van der Waals surface area contributed by atoms with Gasteiger partial charge in [-0.1, -0.05) is 13.8 Å². The molecule has 1 aromatic carbocycles. The fourth-order valence-corrected chi connectivity index (χ4v) is 1.86. The molecular weight excluding hydrogens is 254 g/mol. The number of likely N-dealkylation sites (N-methyl/N-ethyl adjacent to an activating group) is 1. The highest BCUT2D eigenvalue weighted by Gasteiger charge is 2.04. The van der Waals surface area contributed by atoms with Crippen molar-refractivity contribution in [3.8, 4) is 5.75 Å². The Morgan fingerprint density at radius 2 is 1.95 bits per heavy atom. The molecule has 112 valence electrons. The number of nitrogens with one attached hydrogen (secondary N) is 1. The van der Waals surface area contributed by atoms with E-state index in [1.807, 2.05) is 0 Å². The average molecular weight is 279 g/mol. The van der Waals surface area contributed by atoms with E-state index in [1.54, 1.807) is 24.3 Å². The zero-order valence-corrected chi connectivity index (χ0v) is 12.4. The molecule has 0 saturated carbocycles. The third-order valence-corrected chi connectivity index (χ3v) is 2.99. The van der Waals surface area contributed by atoms with Gasteiger partial charge >= 0.3 is 0 Å². The number of nitrogens with zero attached hydrogens (tertiary/aromatic N) is 1. The van der Waals surface area contributed by atoms with Crippen LogP contribution in [0.2, 0.25) is 0 Å². The van der Waals surface area contributed by atoms with E-state index in [0.717, 1.165) is 26.1 Å². The van der Waals surface area contributed by atoms with Crippen LogP contribution in [0.15, 0.2) is 24.3 Å². The highest BCUT2D eigenvalue weighted by atomic mass is 16.5. The Morgan fingerprint density at radius 3 is 2.55 bits per heavy atom. The number of hydrogen-bond acceptors (Lipinski definition) is 4. The summed E-state index contributed by atoms with van der Waals surface area (Å²) in [6.45, 7) is 7.91. The van der Waals surface area contributed by atoms with Crippen molar-refractivity contribution in [1.82, 2.24) is 10.2 Å². The first kappa shape index (κ1) is 16.3. The van der Waals surface area contributed by atoms with Gasteiger partial charge in [0.15, 0.2) is 6.61 Å². The summed E-state index contributed by atoms with van der Waals surface area (Å²) < 4.78 is 5.37. The largest absolute Gasteiger partial charge is 0.484 e. The van der Waals surface area contributed by atoms with Gasteiger partial charge in [-0.2, -0.15) is 0 Å². The van der Waals surface area contributed by atoms with Crippen molar-refractivity contribution in [1.29, 1.82) is 0 Å². The van der Waals surface area contributed by atoms with Crippen LogP contribution in [0.1, 0.15) is 20.3 Å². The normalized spacial score (nSPS) is 10.6. The van der Waals surface area contributed by atoms with Gasteiger partial charge in [0.05, 0.1) is 0 Å². The molecule has 0 fully saturated rings. The molecule has 1 aromatic rings. The third-order valence-electron chi connectivity index (χ3n) is 2.99. The number of benzene rings is 1. The highest BCUT2D eigenvalue weighted by molar-refractivity contribution is 5.77. The number of hydrogen-bond donors (Lipinski definition) is 2. The average Bonchev–Trinajstić information content (AvgIpc) is 2.45. The first-order valence-electron chi connectivity index (χ1n) is 7.13. The Kier molecular flexibility index (Phi) is 7.50. The molecule has 0 aliphatic rings. The van der Waals surface area contributed by atoms with Crippen LogP contribution >= 0.6 is 0 Å². The number of nitrogens with two attached hydrogens (primary N) is 1. The van der Waals surface area contributed by atoms with E-state index in [9.17, 15) is 4.79 Å². The molecule has 0 bridgehead atoms. The van der Waals surface area contributed by atoms with Crippen molar-refractivity contribution < 1.29 is 9.53 Å². The second kappa shape index (κ2) is 9.20. The van der Waals surface area contributed by atoms with Crippen LogP contribution in [0.25, 0.3) is 0 Å². The van der Waals surface area contributed by atoms with E-state index in [1.165, 1.54) is 0 Å². The molecule has 0 saturated heterocycles. The van der Waals surface area contributed by atoms with Crippen LogP contribution in [0.4, 0.5) is 5.69 Å². The minimum absolute atomic E-state index is 0.0316. The molecule has 3 N–H and O–H groups in total. The molecule has 0 aliphatic carbocycles. The lowest BCUT2D eigenvalue weighted by molar-refractivity contribution is -0.123. The number of carbonyl (C=O) groups excluding carboxylic acids is 1. The SMILES string of the molecule is CCCN(CC)CCNC(=O)COc1ccc(N)cc1. The summed E-state index contributed by atoms with van der Waals surface area (Å²) in [7, 11) is 0. The number of anilines is 1. The van der Waals surface area contributed by atoms with Gasteiger partial charge in [0.1, 0.15) is 5.75 Å². The second-order valence-electron chi connectivity index (χ2n) is 4.64. The minimum Gasteiger partial charge on any atom is -0.484 e. The number of carbonyl (C=O) groups is 1. The monoisotopic (exact) mass is 279 g/mol. The minimum atomic E-state index is -0.102. The molecule has 1 rings (SSSR count). The predicted octanol–water partition coefficient (Wildman–Crippen LogP) is 1.50. The van der Waals surface area contributed by atoms with Crippen molar-refractivity contribution in [2.24, 2.45) is 0 Å². The molecule has 5 heteroatoms. The van der Waals surface area contributed by atoms with Crippen molar-refractivity contribution in [3.05, 3.63) is 24.3 Å².